The molecule has 5 N–H and O–H groups in total. The zero-order valence-electron chi connectivity index (χ0n) is 11.1. The fourth-order valence-electron chi connectivity index (χ4n) is 2.12. The Morgan fingerprint density at radius 2 is 1.95 bits per heavy atom. The number of anilines is 1. The monoisotopic (exact) mass is 354 g/mol. The molecule has 114 valence electrons. The summed E-state index contributed by atoms with van der Waals surface area (Å²) in [5.74, 6) is 0. The van der Waals surface area contributed by atoms with E-state index >= 15 is 0 Å². The van der Waals surface area contributed by atoms with Gasteiger partial charge >= 0.3 is 0 Å². The van der Waals surface area contributed by atoms with E-state index in [2.05, 4.69) is 9.71 Å². The van der Waals surface area contributed by atoms with Crippen LogP contribution in [0.15, 0.2) is 45.1 Å². The topological polar surface area (TPSA) is 111 Å². The van der Waals surface area contributed by atoms with Crippen molar-refractivity contribution in [2.75, 3.05) is 5.73 Å². The Morgan fingerprint density at radius 1 is 1.18 bits per heavy atom. The van der Waals surface area contributed by atoms with E-state index in [9.17, 15) is 8.42 Å². The van der Waals surface area contributed by atoms with E-state index in [1.165, 1.54) is 30.1 Å². The SMILES string of the molecule is Nc1ccc(S(N)(=O)=O)c(-c2cc3c(cc2Cl)N=CNS3)c1. The molecule has 0 saturated heterocycles. The Hall–Kier alpha value is -1.74. The predicted octanol–water partition coefficient (Wildman–Crippen LogP) is 2.51. The van der Waals surface area contributed by atoms with Crippen LogP contribution in [0.5, 0.6) is 0 Å². The van der Waals surface area contributed by atoms with Gasteiger partial charge in [0.15, 0.2) is 0 Å². The van der Waals surface area contributed by atoms with Gasteiger partial charge in [-0.25, -0.2) is 18.5 Å². The van der Waals surface area contributed by atoms with Crippen LogP contribution in [0.4, 0.5) is 11.4 Å². The molecule has 3 rings (SSSR count). The van der Waals surface area contributed by atoms with E-state index in [0.29, 0.717) is 27.5 Å². The second kappa shape index (κ2) is 5.47. The van der Waals surface area contributed by atoms with Gasteiger partial charge in [0.1, 0.15) is 0 Å². The fraction of sp³-hybridized carbons (Fsp3) is 0. The minimum atomic E-state index is -3.90. The van der Waals surface area contributed by atoms with Crippen molar-refractivity contribution in [1.29, 1.82) is 0 Å². The summed E-state index contributed by atoms with van der Waals surface area (Å²) in [5.41, 5.74) is 7.80. The molecule has 0 aliphatic carbocycles. The average Bonchev–Trinajstić information content (AvgIpc) is 2.45. The van der Waals surface area contributed by atoms with E-state index in [1.54, 1.807) is 18.5 Å². The summed E-state index contributed by atoms with van der Waals surface area (Å²) in [5, 5.41) is 5.65. The molecule has 6 nitrogen and oxygen atoms in total. The van der Waals surface area contributed by atoms with Gasteiger partial charge in [0, 0.05) is 16.8 Å². The number of hydrogen-bond acceptors (Lipinski definition) is 6. The number of aliphatic imine (C=N–C) groups is 1. The molecule has 2 aromatic rings. The number of primary sulfonamides is 1. The van der Waals surface area contributed by atoms with E-state index in [1.807, 2.05) is 0 Å². The summed E-state index contributed by atoms with van der Waals surface area (Å²) < 4.78 is 26.5. The molecule has 0 bridgehead atoms. The van der Waals surface area contributed by atoms with Crippen molar-refractivity contribution in [2.45, 2.75) is 9.79 Å². The van der Waals surface area contributed by atoms with Gasteiger partial charge in [0.2, 0.25) is 10.0 Å². The van der Waals surface area contributed by atoms with Crippen LogP contribution in [0.1, 0.15) is 0 Å². The first kappa shape index (κ1) is 15.2. The maximum atomic E-state index is 11.8. The van der Waals surface area contributed by atoms with Crippen LogP contribution in [0, 0.1) is 0 Å². The van der Waals surface area contributed by atoms with E-state index in [0.717, 1.165) is 4.90 Å². The molecule has 0 fully saturated rings. The lowest BCUT2D eigenvalue weighted by molar-refractivity contribution is 0.598. The zero-order valence-corrected chi connectivity index (χ0v) is 13.5. The largest absolute Gasteiger partial charge is 0.399 e. The standard InChI is InChI=1S/C13H11ClN4O2S2/c14-10-5-11-12(21-18-6-17-11)4-8(10)9-3-7(15)1-2-13(9)22(16,19)20/h1-6H,15H2,(H,17,18)(H2,16,19,20). The van der Waals surface area contributed by atoms with Gasteiger partial charge in [-0.2, -0.15) is 0 Å². The molecule has 2 aromatic carbocycles. The summed E-state index contributed by atoms with van der Waals surface area (Å²) in [6.07, 6.45) is 1.55. The molecular weight excluding hydrogens is 344 g/mol. The third kappa shape index (κ3) is 2.78. The van der Waals surface area contributed by atoms with Crippen molar-refractivity contribution in [1.82, 2.24) is 4.72 Å². The van der Waals surface area contributed by atoms with Crippen molar-refractivity contribution >= 4 is 51.3 Å². The van der Waals surface area contributed by atoms with Gasteiger partial charge in [-0.15, -0.1) is 0 Å². The number of hydrogen-bond donors (Lipinski definition) is 3. The Bertz CT molecular complexity index is 897. The summed E-state index contributed by atoms with van der Waals surface area (Å²) >= 11 is 7.64. The second-order valence-electron chi connectivity index (χ2n) is 4.58. The number of rotatable bonds is 2. The van der Waals surface area contributed by atoms with Crippen molar-refractivity contribution < 1.29 is 8.42 Å². The molecule has 1 aliphatic heterocycles. The number of nitrogens with one attached hydrogen (secondary N) is 1. The molecule has 1 heterocycles. The average molecular weight is 355 g/mol. The molecule has 9 heteroatoms. The van der Waals surface area contributed by atoms with Gasteiger partial charge in [0.05, 0.1) is 26.8 Å². The lowest BCUT2D eigenvalue weighted by Gasteiger charge is -2.15. The molecule has 0 saturated carbocycles. The van der Waals surface area contributed by atoms with Crippen molar-refractivity contribution in [2.24, 2.45) is 10.1 Å². The van der Waals surface area contributed by atoms with Crippen molar-refractivity contribution in [3.05, 3.63) is 35.4 Å². The first-order chi connectivity index (χ1) is 10.4. The third-order valence-corrected chi connectivity index (χ3v) is 5.13. The number of halogens is 1. The molecule has 1 aliphatic rings. The summed E-state index contributed by atoms with van der Waals surface area (Å²) in [7, 11) is -3.90. The van der Waals surface area contributed by atoms with Crippen LogP contribution >= 0.6 is 23.5 Å². The number of benzene rings is 2. The first-order valence-electron chi connectivity index (χ1n) is 6.07. The number of nitrogens with zero attached hydrogens (tertiary/aromatic N) is 1. The van der Waals surface area contributed by atoms with Gasteiger partial charge in [-0.3, -0.25) is 0 Å². The Balaban J connectivity index is 2.28. The van der Waals surface area contributed by atoms with Crippen LogP contribution in [0.3, 0.4) is 0 Å². The minimum Gasteiger partial charge on any atom is -0.399 e. The Morgan fingerprint density at radius 3 is 2.68 bits per heavy atom. The second-order valence-corrected chi connectivity index (χ2v) is 7.40. The van der Waals surface area contributed by atoms with Gasteiger partial charge in [-0.1, -0.05) is 11.6 Å². The molecule has 0 amide bonds. The highest BCUT2D eigenvalue weighted by atomic mass is 35.5. The molecular formula is C13H11ClN4O2S2. The molecule has 0 aromatic heterocycles. The van der Waals surface area contributed by atoms with Crippen LogP contribution in [0.25, 0.3) is 11.1 Å². The molecule has 0 unspecified atom stereocenters. The third-order valence-electron chi connectivity index (χ3n) is 3.07. The van der Waals surface area contributed by atoms with E-state index in [-0.39, 0.29) is 4.90 Å². The van der Waals surface area contributed by atoms with Crippen molar-refractivity contribution in [3.63, 3.8) is 0 Å². The maximum absolute atomic E-state index is 11.8. The quantitative estimate of drug-likeness (QED) is 0.566. The fourth-order valence-corrected chi connectivity index (χ4v) is 3.74. The maximum Gasteiger partial charge on any atom is 0.238 e. The summed E-state index contributed by atoms with van der Waals surface area (Å²) in [6, 6.07) is 7.83. The van der Waals surface area contributed by atoms with Gasteiger partial charge in [0.25, 0.3) is 0 Å². The zero-order chi connectivity index (χ0) is 15.9. The van der Waals surface area contributed by atoms with E-state index in [4.69, 9.17) is 22.5 Å². The Labute approximate surface area is 136 Å². The molecule has 0 atom stereocenters. The molecule has 22 heavy (non-hydrogen) atoms. The van der Waals surface area contributed by atoms with Gasteiger partial charge in [-0.05, 0) is 42.3 Å². The van der Waals surface area contributed by atoms with Gasteiger partial charge < -0.3 is 10.5 Å². The number of nitrogen functional groups attached to an aromatic ring is 1. The van der Waals surface area contributed by atoms with Crippen molar-refractivity contribution in [3.8, 4) is 11.1 Å². The molecule has 0 radical (unpaired) electrons. The predicted molar refractivity (Wildman–Crippen MR) is 89.8 cm³/mol. The number of sulfonamides is 1. The van der Waals surface area contributed by atoms with Crippen LogP contribution in [-0.2, 0) is 10.0 Å². The van der Waals surface area contributed by atoms with Crippen LogP contribution in [0.2, 0.25) is 5.02 Å². The van der Waals surface area contributed by atoms with Crippen LogP contribution < -0.4 is 15.6 Å². The smallest absolute Gasteiger partial charge is 0.238 e. The minimum absolute atomic E-state index is 0.0270. The number of nitrogens with two attached hydrogens (primary N) is 2. The van der Waals surface area contributed by atoms with E-state index < -0.39 is 10.0 Å². The number of fused-ring (bicyclic) bond motifs is 1. The highest BCUT2D eigenvalue weighted by Gasteiger charge is 2.20. The highest BCUT2D eigenvalue weighted by Crippen LogP contribution is 2.41. The highest BCUT2D eigenvalue weighted by molar-refractivity contribution is 7.98. The lowest BCUT2D eigenvalue weighted by Crippen LogP contribution is -2.13. The van der Waals surface area contributed by atoms with Crippen LogP contribution in [-0.4, -0.2) is 14.8 Å². The summed E-state index contributed by atoms with van der Waals surface area (Å²) in [4.78, 5) is 4.97. The Kier molecular flexibility index (Phi) is 3.77. The first-order valence-corrected chi connectivity index (χ1v) is 8.81. The lowest BCUT2D eigenvalue weighted by atomic mass is 10.0. The summed E-state index contributed by atoms with van der Waals surface area (Å²) in [6.45, 7) is 0. The molecule has 0 spiro atoms. The normalized spacial score (nSPS) is 13.5.